The van der Waals surface area contributed by atoms with Crippen LogP contribution in [0.5, 0.6) is 0 Å². The van der Waals surface area contributed by atoms with E-state index in [9.17, 15) is 4.79 Å². The fourth-order valence-corrected chi connectivity index (χ4v) is 2.80. The van der Waals surface area contributed by atoms with Crippen molar-refractivity contribution in [1.29, 1.82) is 0 Å². The van der Waals surface area contributed by atoms with Gasteiger partial charge in [0.25, 0.3) is 0 Å². The lowest BCUT2D eigenvalue weighted by Crippen LogP contribution is -2.26. The van der Waals surface area contributed by atoms with E-state index in [0.717, 1.165) is 22.4 Å². The van der Waals surface area contributed by atoms with E-state index in [1.54, 1.807) is 11.8 Å². The molecular weight excluding hydrogens is 306 g/mol. The number of rotatable bonds is 5. The predicted octanol–water partition coefficient (Wildman–Crippen LogP) is 5.37. The van der Waals surface area contributed by atoms with Gasteiger partial charge >= 0.3 is 0 Å². The van der Waals surface area contributed by atoms with Crippen molar-refractivity contribution in [3.8, 4) is 11.1 Å². The SMILES string of the molecule is C=C(c1ccc(-c2ccccc2)cc1)N(Cc1ccccc1)C(C)=O. The minimum absolute atomic E-state index is 0.0130. The van der Waals surface area contributed by atoms with Crippen molar-refractivity contribution in [3.63, 3.8) is 0 Å². The number of nitrogens with zero attached hydrogens (tertiary/aromatic N) is 1. The third-order valence-electron chi connectivity index (χ3n) is 4.21. The number of carbonyl (C=O) groups excluding carboxylic acids is 1. The maximum Gasteiger partial charge on any atom is 0.224 e. The van der Waals surface area contributed by atoms with E-state index in [-0.39, 0.29) is 5.91 Å². The summed E-state index contributed by atoms with van der Waals surface area (Å²) in [6.45, 7) is 6.25. The van der Waals surface area contributed by atoms with E-state index >= 15 is 0 Å². The molecule has 3 aromatic rings. The zero-order valence-corrected chi connectivity index (χ0v) is 14.4. The molecular formula is C23H21NO. The molecule has 0 bridgehead atoms. The van der Waals surface area contributed by atoms with Crippen molar-refractivity contribution in [2.75, 3.05) is 0 Å². The van der Waals surface area contributed by atoms with Gasteiger partial charge in [-0.2, -0.15) is 0 Å². The molecule has 3 rings (SSSR count). The van der Waals surface area contributed by atoms with Crippen molar-refractivity contribution < 1.29 is 4.79 Å². The summed E-state index contributed by atoms with van der Waals surface area (Å²) in [6.07, 6.45) is 0. The number of amides is 1. The number of carbonyl (C=O) groups is 1. The molecule has 0 saturated heterocycles. The second kappa shape index (κ2) is 7.63. The van der Waals surface area contributed by atoms with E-state index in [1.807, 2.05) is 60.7 Å². The van der Waals surface area contributed by atoms with Gasteiger partial charge in [0.05, 0.1) is 6.54 Å². The van der Waals surface area contributed by atoms with Crippen molar-refractivity contribution >= 4 is 11.6 Å². The molecule has 0 heterocycles. The molecule has 2 nitrogen and oxygen atoms in total. The van der Waals surface area contributed by atoms with Gasteiger partial charge in [-0.3, -0.25) is 4.79 Å². The number of hydrogen-bond donors (Lipinski definition) is 0. The zero-order chi connectivity index (χ0) is 17.6. The largest absolute Gasteiger partial charge is 0.308 e. The van der Waals surface area contributed by atoms with Crippen LogP contribution in [-0.2, 0) is 11.3 Å². The first-order valence-corrected chi connectivity index (χ1v) is 8.32. The van der Waals surface area contributed by atoms with E-state index in [4.69, 9.17) is 0 Å². The van der Waals surface area contributed by atoms with E-state index in [1.165, 1.54) is 5.56 Å². The average molecular weight is 327 g/mol. The summed E-state index contributed by atoms with van der Waals surface area (Å²) in [6, 6.07) is 28.4. The van der Waals surface area contributed by atoms with Gasteiger partial charge in [-0.05, 0) is 22.3 Å². The Balaban J connectivity index is 1.81. The zero-order valence-electron chi connectivity index (χ0n) is 14.4. The van der Waals surface area contributed by atoms with Crippen molar-refractivity contribution in [1.82, 2.24) is 4.90 Å². The molecule has 0 saturated carbocycles. The summed E-state index contributed by atoms with van der Waals surface area (Å²) in [5, 5.41) is 0. The van der Waals surface area contributed by atoms with Crippen molar-refractivity contribution in [2.24, 2.45) is 0 Å². The van der Waals surface area contributed by atoms with Crippen LogP contribution in [0.1, 0.15) is 18.1 Å². The van der Waals surface area contributed by atoms with Crippen LogP contribution in [0.25, 0.3) is 16.8 Å². The number of hydrogen-bond acceptors (Lipinski definition) is 1. The van der Waals surface area contributed by atoms with Crippen molar-refractivity contribution in [2.45, 2.75) is 13.5 Å². The van der Waals surface area contributed by atoms with Crippen LogP contribution >= 0.6 is 0 Å². The number of benzene rings is 3. The minimum Gasteiger partial charge on any atom is -0.308 e. The summed E-state index contributed by atoms with van der Waals surface area (Å²) in [4.78, 5) is 13.8. The second-order valence-electron chi connectivity index (χ2n) is 5.98. The Kier molecular flexibility index (Phi) is 5.10. The van der Waals surface area contributed by atoms with Crippen LogP contribution in [0, 0.1) is 0 Å². The fraction of sp³-hybridized carbons (Fsp3) is 0.0870. The van der Waals surface area contributed by atoms with Gasteiger partial charge in [0.1, 0.15) is 0 Å². The van der Waals surface area contributed by atoms with Crippen LogP contribution in [0.2, 0.25) is 0 Å². The molecule has 0 aromatic heterocycles. The Morgan fingerprint density at radius 3 is 1.88 bits per heavy atom. The summed E-state index contributed by atoms with van der Waals surface area (Å²) in [5.41, 5.74) is 5.07. The molecule has 0 fully saturated rings. The Labute approximate surface area is 149 Å². The third kappa shape index (κ3) is 4.04. The topological polar surface area (TPSA) is 20.3 Å². The normalized spacial score (nSPS) is 10.3. The highest BCUT2D eigenvalue weighted by atomic mass is 16.2. The molecule has 0 aliphatic rings. The Bertz CT molecular complexity index is 852. The van der Waals surface area contributed by atoms with Gasteiger partial charge in [-0.25, -0.2) is 0 Å². The van der Waals surface area contributed by atoms with E-state index in [0.29, 0.717) is 6.54 Å². The maximum atomic E-state index is 12.1. The smallest absolute Gasteiger partial charge is 0.224 e. The molecule has 1 amide bonds. The second-order valence-corrected chi connectivity index (χ2v) is 5.98. The predicted molar refractivity (Wildman–Crippen MR) is 104 cm³/mol. The monoisotopic (exact) mass is 327 g/mol. The first kappa shape index (κ1) is 16.7. The lowest BCUT2D eigenvalue weighted by Gasteiger charge is -2.24. The van der Waals surface area contributed by atoms with E-state index in [2.05, 4.69) is 30.8 Å². The van der Waals surface area contributed by atoms with Gasteiger partial charge < -0.3 is 4.90 Å². The van der Waals surface area contributed by atoms with Crippen molar-refractivity contribution in [3.05, 3.63) is 103 Å². The molecule has 25 heavy (non-hydrogen) atoms. The Hall–Kier alpha value is -3.13. The van der Waals surface area contributed by atoms with E-state index < -0.39 is 0 Å². The highest BCUT2D eigenvalue weighted by Crippen LogP contribution is 2.24. The summed E-state index contributed by atoms with van der Waals surface area (Å²) in [5.74, 6) is -0.0130. The third-order valence-corrected chi connectivity index (χ3v) is 4.21. The molecule has 2 heteroatoms. The lowest BCUT2D eigenvalue weighted by atomic mass is 10.0. The van der Waals surface area contributed by atoms with Gasteiger partial charge in [0.15, 0.2) is 0 Å². The summed E-state index contributed by atoms with van der Waals surface area (Å²) in [7, 11) is 0. The highest BCUT2D eigenvalue weighted by molar-refractivity contribution is 5.85. The molecule has 0 N–H and O–H groups in total. The standard InChI is InChI=1S/C23H21NO/c1-18(24(19(2)25)17-20-9-5-3-6-10-20)21-13-15-23(16-14-21)22-11-7-4-8-12-22/h3-16H,1,17H2,2H3. The quantitative estimate of drug-likeness (QED) is 0.616. The van der Waals surface area contributed by atoms with Crippen LogP contribution in [0.15, 0.2) is 91.5 Å². The first-order valence-electron chi connectivity index (χ1n) is 8.32. The average Bonchev–Trinajstić information content (AvgIpc) is 2.67. The maximum absolute atomic E-state index is 12.1. The van der Waals surface area contributed by atoms with Crippen LogP contribution in [0.4, 0.5) is 0 Å². The minimum atomic E-state index is -0.0130. The van der Waals surface area contributed by atoms with Gasteiger partial charge in [0, 0.05) is 12.6 Å². The molecule has 0 atom stereocenters. The van der Waals surface area contributed by atoms with Crippen LogP contribution in [0.3, 0.4) is 0 Å². The van der Waals surface area contributed by atoms with Crippen LogP contribution in [-0.4, -0.2) is 10.8 Å². The summed E-state index contributed by atoms with van der Waals surface area (Å²) >= 11 is 0. The molecule has 0 radical (unpaired) electrons. The highest BCUT2D eigenvalue weighted by Gasteiger charge is 2.14. The first-order chi connectivity index (χ1) is 12.1. The van der Waals surface area contributed by atoms with Crippen LogP contribution < -0.4 is 0 Å². The molecule has 0 unspecified atom stereocenters. The molecule has 124 valence electrons. The van der Waals surface area contributed by atoms with Gasteiger partial charge in [-0.15, -0.1) is 0 Å². The Morgan fingerprint density at radius 1 is 0.800 bits per heavy atom. The lowest BCUT2D eigenvalue weighted by molar-refractivity contribution is -0.126. The molecule has 0 spiro atoms. The molecule has 0 aliphatic heterocycles. The fourth-order valence-electron chi connectivity index (χ4n) is 2.80. The van der Waals surface area contributed by atoms with Gasteiger partial charge in [-0.1, -0.05) is 91.5 Å². The summed E-state index contributed by atoms with van der Waals surface area (Å²) < 4.78 is 0. The van der Waals surface area contributed by atoms with Gasteiger partial charge in [0.2, 0.25) is 5.91 Å². The molecule has 0 aliphatic carbocycles. The molecule has 3 aromatic carbocycles. The Morgan fingerprint density at radius 2 is 1.32 bits per heavy atom.